The van der Waals surface area contributed by atoms with E-state index in [0.717, 1.165) is 5.56 Å². The van der Waals surface area contributed by atoms with Gasteiger partial charge < -0.3 is 10.2 Å². The van der Waals surface area contributed by atoms with E-state index in [1.54, 1.807) is 19.1 Å². The standard InChI is InChI=1S/C13H13FN2O2/c1-13(7-18-13)12(17)11-10(6-15-16-11)8-2-4-9(14)5-3-8/h2-5,10,15H,6-7H2,1H3/t10-,13+/m1/s1. The quantitative estimate of drug-likeness (QED) is 0.818. The van der Waals surface area contributed by atoms with Crippen LogP contribution in [0.2, 0.25) is 0 Å². The number of benzene rings is 1. The van der Waals surface area contributed by atoms with E-state index in [1.165, 1.54) is 12.1 Å². The van der Waals surface area contributed by atoms with E-state index in [4.69, 9.17) is 4.74 Å². The second-order valence-electron chi connectivity index (χ2n) is 4.81. The van der Waals surface area contributed by atoms with Gasteiger partial charge in [0.1, 0.15) is 11.5 Å². The average molecular weight is 248 g/mol. The zero-order valence-electron chi connectivity index (χ0n) is 9.94. The van der Waals surface area contributed by atoms with Crippen molar-refractivity contribution in [3.05, 3.63) is 35.6 Å². The molecular formula is C13H13FN2O2. The summed E-state index contributed by atoms with van der Waals surface area (Å²) in [5, 5.41) is 4.07. The van der Waals surface area contributed by atoms with Gasteiger partial charge in [0.25, 0.3) is 0 Å². The Morgan fingerprint density at radius 1 is 1.50 bits per heavy atom. The monoisotopic (exact) mass is 248 g/mol. The first-order chi connectivity index (χ1) is 8.60. The van der Waals surface area contributed by atoms with Crippen LogP contribution in [0, 0.1) is 5.82 Å². The number of ketones is 1. The van der Waals surface area contributed by atoms with Crippen molar-refractivity contribution < 1.29 is 13.9 Å². The maximum absolute atomic E-state index is 12.9. The minimum atomic E-state index is -0.705. The fourth-order valence-corrected chi connectivity index (χ4v) is 2.09. The van der Waals surface area contributed by atoms with Crippen molar-refractivity contribution in [3.8, 4) is 0 Å². The van der Waals surface area contributed by atoms with Gasteiger partial charge in [0, 0.05) is 6.54 Å². The van der Waals surface area contributed by atoms with Crippen LogP contribution >= 0.6 is 0 Å². The van der Waals surface area contributed by atoms with Gasteiger partial charge in [-0.05, 0) is 24.6 Å². The lowest BCUT2D eigenvalue weighted by atomic mass is 9.89. The summed E-state index contributed by atoms with van der Waals surface area (Å²) < 4.78 is 18.1. The SMILES string of the molecule is C[C@@]1(C(=O)C2=NNC[C@@H]2c2ccc(F)cc2)CO1. The number of halogens is 1. The van der Waals surface area contributed by atoms with Crippen molar-refractivity contribution in [1.82, 2.24) is 5.43 Å². The van der Waals surface area contributed by atoms with Gasteiger partial charge in [0.2, 0.25) is 5.78 Å². The van der Waals surface area contributed by atoms with Gasteiger partial charge in [-0.2, -0.15) is 5.10 Å². The lowest BCUT2D eigenvalue weighted by Gasteiger charge is -2.12. The molecule has 1 aromatic rings. The smallest absolute Gasteiger partial charge is 0.213 e. The number of rotatable bonds is 3. The Labute approximate surface area is 104 Å². The highest BCUT2D eigenvalue weighted by Gasteiger charge is 2.51. The number of nitrogens with one attached hydrogen (secondary N) is 1. The van der Waals surface area contributed by atoms with Crippen LogP contribution in [0.25, 0.3) is 0 Å². The van der Waals surface area contributed by atoms with E-state index in [-0.39, 0.29) is 17.5 Å². The highest BCUT2D eigenvalue weighted by atomic mass is 19.1. The second-order valence-corrected chi connectivity index (χ2v) is 4.81. The van der Waals surface area contributed by atoms with Gasteiger partial charge in [-0.3, -0.25) is 4.79 Å². The number of hydrazone groups is 1. The van der Waals surface area contributed by atoms with E-state index in [2.05, 4.69) is 10.5 Å². The maximum atomic E-state index is 12.9. The third-order valence-electron chi connectivity index (χ3n) is 3.39. The molecule has 1 fully saturated rings. The van der Waals surface area contributed by atoms with E-state index >= 15 is 0 Å². The Hall–Kier alpha value is -1.75. The minimum absolute atomic E-state index is 0.0816. The van der Waals surface area contributed by atoms with Crippen LogP contribution < -0.4 is 5.43 Å². The number of carbonyl (C=O) groups excluding carboxylic acids is 1. The Bertz CT molecular complexity index is 520. The second kappa shape index (κ2) is 3.88. The van der Waals surface area contributed by atoms with Crippen molar-refractivity contribution in [3.63, 3.8) is 0 Å². The Balaban J connectivity index is 1.87. The topological polar surface area (TPSA) is 54.0 Å². The lowest BCUT2D eigenvalue weighted by Crippen LogP contribution is -2.32. The summed E-state index contributed by atoms with van der Waals surface area (Å²) in [4.78, 5) is 12.2. The average Bonchev–Trinajstić information content (AvgIpc) is 2.94. The molecule has 0 aliphatic carbocycles. The molecule has 5 heteroatoms. The van der Waals surface area contributed by atoms with Crippen LogP contribution in [0.4, 0.5) is 4.39 Å². The van der Waals surface area contributed by atoms with Gasteiger partial charge in [-0.25, -0.2) is 4.39 Å². The molecule has 2 aliphatic heterocycles. The Morgan fingerprint density at radius 3 is 2.78 bits per heavy atom. The predicted molar refractivity (Wildman–Crippen MR) is 63.9 cm³/mol. The van der Waals surface area contributed by atoms with Gasteiger partial charge in [-0.15, -0.1) is 0 Å². The predicted octanol–water partition coefficient (Wildman–Crippen LogP) is 1.23. The molecule has 3 rings (SSSR count). The molecule has 2 heterocycles. The first kappa shape index (κ1) is 11.3. The van der Waals surface area contributed by atoms with Crippen LogP contribution in [-0.4, -0.2) is 30.2 Å². The third kappa shape index (κ3) is 1.80. The van der Waals surface area contributed by atoms with Crippen molar-refractivity contribution >= 4 is 11.5 Å². The van der Waals surface area contributed by atoms with Crippen LogP contribution in [0.1, 0.15) is 18.4 Å². The van der Waals surface area contributed by atoms with E-state index in [9.17, 15) is 9.18 Å². The first-order valence-electron chi connectivity index (χ1n) is 5.85. The number of hydrogen-bond acceptors (Lipinski definition) is 4. The molecular weight excluding hydrogens is 235 g/mol. The van der Waals surface area contributed by atoms with Gasteiger partial charge in [0.05, 0.1) is 12.5 Å². The Kier molecular flexibility index (Phi) is 2.45. The summed E-state index contributed by atoms with van der Waals surface area (Å²) in [6, 6.07) is 6.16. The number of epoxide rings is 1. The molecule has 0 bridgehead atoms. The number of hydrogen-bond donors (Lipinski definition) is 1. The van der Waals surface area contributed by atoms with Gasteiger partial charge >= 0.3 is 0 Å². The number of nitrogens with zero attached hydrogens (tertiary/aromatic N) is 1. The minimum Gasteiger partial charge on any atom is -0.361 e. The van der Waals surface area contributed by atoms with Crippen molar-refractivity contribution in [2.24, 2.45) is 5.10 Å². The molecule has 94 valence electrons. The molecule has 18 heavy (non-hydrogen) atoms. The molecule has 0 saturated carbocycles. The third-order valence-corrected chi connectivity index (χ3v) is 3.39. The molecule has 0 unspecified atom stereocenters. The summed E-state index contributed by atoms with van der Waals surface area (Å²) >= 11 is 0. The fraction of sp³-hybridized carbons (Fsp3) is 0.385. The van der Waals surface area contributed by atoms with Crippen LogP contribution in [0.15, 0.2) is 29.4 Å². The molecule has 0 amide bonds. The molecule has 4 nitrogen and oxygen atoms in total. The van der Waals surface area contributed by atoms with Crippen LogP contribution in [0.5, 0.6) is 0 Å². The van der Waals surface area contributed by atoms with E-state index in [0.29, 0.717) is 18.9 Å². The summed E-state index contributed by atoms with van der Waals surface area (Å²) in [5.74, 6) is -0.493. The number of ether oxygens (including phenoxy) is 1. The number of carbonyl (C=O) groups is 1. The summed E-state index contributed by atoms with van der Waals surface area (Å²) in [6.45, 7) is 2.77. The fourth-order valence-electron chi connectivity index (χ4n) is 2.09. The van der Waals surface area contributed by atoms with Crippen molar-refractivity contribution in [1.29, 1.82) is 0 Å². The first-order valence-corrected chi connectivity index (χ1v) is 5.85. The molecule has 1 N–H and O–H groups in total. The van der Waals surface area contributed by atoms with Crippen LogP contribution in [0.3, 0.4) is 0 Å². The molecule has 2 aliphatic rings. The molecule has 1 aromatic carbocycles. The zero-order chi connectivity index (χ0) is 12.8. The summed E-state index contributed by atoms with van der Waals surface area (Å²) in [6.07, 6.45) is 0. The molecule has 0 aromatic heterocycles. The molecule has 0 radical (unpaired) electrons. The molecule has 0 spiro atoms. The van der Waals surface area contributed by atoms with Crippen LogP contribution in [-0.2, 0) is 9.53 Å². The zero-order valence-corrected chi connectivity index (χ0v) is 9.94. The highest BCUT2D eigenvalue weighted by molar-refractivity contribution is 6.45. The summed E-state index contributed by atoms with van der Waals surface area (Å²) in [5.41, 5.74) is 3.49. The maximum Gasteiger partial charge on any atom is 0.213 e. The van der Waals surface area contributed by atoms with Gasteiger partial charge in [-0.1, -0.05) is 12.1 Å². The largest absolute Gasteiger partial charge is 0.361 e. The van der Waals surface area contributed by atoms with Crippen molar-refractivity contribution in [2.45, 2.75) is 18.4 Å². The molecule has 2 atom stereocenters. The summed E-state index contributed by atoms with van der Waals surface area (Å²) in [7, 11) is 0. The van der Waals surface area contributed by atoms with E-state index in [1.807, 2.05) is 0 Å². The lowest BCUT2D eigenvalue weighted by molar-refractivity contribution is -0.117. The number of Topliss-reactive ketones (excluding diaryl/α,β-unsaturated/α-hetero) is 1. The van der Waals surface area contributed by atoms with Crippen molar-refractivity contribution in [2.75, 3.05) is 13.2 Å². The van der Waals surface area contributed by atoms with Gasteiger partial charge in [0.15, 0.2) is 5.60 Å². The Morgan fingerprint density at radius 2 is 2.17 bits per heavy atom. The highest BCUT2D eigenvalue weighted by Crippen LogP contribution is 2.32. The molecule has 1 saturated heterocycles. The van der Waals surface area contributed by atoms with E-state index < -0.39 is 5.60 Å². The normalized spacial score (nSPS) is 29.7.